The fourth-order valence-corrected chi connectivity index (χ4v) is 2.24. The highest BCUT2D eigenvalue weighted by atomic mass is 16.6. The van der Waals surface area contributed by atoms with Gasteiger partial charge in [-0.1, -0.05) is 10.3 Å². The van der Waals surface area contributed by atoms with Gasteiger partial charge in [0, 0.05) is 12.6 Å². The van der Waals surface area contributed by atoms with Gasteiger partial charge < -0.3 is 5.73 Å². The maximum atomic E-state index is 5.92. The average molecular weight is 224 g/mol. The van der Waals surface area contributed by atoms with Crippen molar-refractivity contribution in [3.63, 3.8) is 0 Å². The van der Waals surface area contributed by atoms with Crippen LogP contribution < -0.4 is 5.73 Å². The molecule has 2 N–H and O–H groups in total. The van der Waals surface area contributed by atoms with E-state index in [4.69, 9.17) is 10.4 Å². The third kappa shape index (κ3) is 2.59. The van der Waals surface area contributed by atoms with Crippen molar-refractivity contribution in [3.05, 3.63) is 11.4 Å². The summed E-state index contributed by atoms with van der Waals surface area (Å²) in [5.41, 5.74) is 7.77. The highest BCUT2D eigenvalue weighted by molar-refractivity contribution is 5.04. The smallest absolute Gasteiger partial charge is 0.122 e. The number of piperidine rings is 1. The van der Waals surface area contributed by atoms with Gasteiger partial charge in [-0.25, -0.2) is 4.63 Å². The molecule has 1 aliphatic rings. The fourth-order valence-electron chi connectivity index (χ4n) is 2.24. The molecule has 1 atom stereocenters. The monoisotopic (exact) mass is 224 g/mol. The van der Waals surface area contributed by atoms with E-state index in [1.165, 1.54) is 12.8 Å². The Hall–Kier alpha value is -0.940. The van der Waals surface area contributed by atoms with Gasteiger partial charge in [0.15, 0.2) is 0 Å². The van der Waals surface area contributed by atoms with Crippen LogP contribution in [0.1, 0.15) is 31.2 Å². The Morgan fingerprint density at radius 1 is 1.44 bits per heavy atom. The van der Waals surface area contributed by atoms with Crippen molar-refractivity contribution in [2.24, 2.45) is 11.7 Å². The molecule has 0 saturated carbocycles. The van der Waals surface area contributed by atoms with E-state index in [9.17, 15) is 0 Å². The normalized spacial score (nSPS) is 21.2. The Morgan fingerprint density at radius 2 is 2.12 bits per heavy atom. The van der Waals surface area contributed by atoms with Crippen LogP contribution in [-0.4, -0.2) is 34.3 Å². The molecule has 2 rings (SSSR count). The van der Waals surface area contributed by atoms with Crippen molar-refractivity contribution in [3.8, 4) is 0 Å². The summed E-state index contributed by atoms with van der Waals surface area (Å²) in [5, 5.41) is 7.70. The summed E-state index contributed by atoms with van der Waals surface area (Å²) in [4.78, 5) is 2.39. The van der Waals surface area contributed by atoms with Gasteiger partial charge in [-0.3, -0.25) is 4.90 Å². The largest absolute Gasteiger partial charge is 0.328 e. The second kappa shape index (κ2) is 4.93. The van der Waals surface area contributed by atoms with Crippen LogP contribution in [0.2, 0.25) is 0 Å². The number of hydrogen-bond acceptors (Lipinski definition) is 5. The second-order valence-electron chi connectivity index (χ2n) is 4.77. The minimum Gasteiger partial charge on any atom is -0.328 e. The lowest BCUT2D eigenvalue weighted by molar-refractivity contribution is 0.161. The van der Waals surface area contributed by atoms with Crippen LogP contribution in [0.3, 0.4) is 0 Å². The van der Waals surface area contributed by atoms with Crippen molar-refractivity contribution >= 4 is 0 Å². The Morgan fingerprint density at radius 3 is 2.62 bits per heavy atom. The second-order valence-corrected chi connectivity index (χ2v) is 4.77. The van der Waals surface area contributed by atoms with E-state index in [-0.39, 0.29) is 0 Å². The van der Waals surface area contributed by atoms with Crippen LogP contribution in [0.15, 0.2) is 4.63 Å². The van der Waals surface area contributed by atoms with E-state index >= 15 is 0 Å². The van der Waals surface area contributed by atoms with Gasteiger partial charge >= 0.3 is 0 Å². The lowest BCUT2D eigenvalue weighted by Gasteiger charge is -2.33. The lowest BCUT2D eigenvalue weighted by Crippen LogP contribution is -2.39. The molecule has 0 spiro atoms. The van der Waals surface area contributed by atoms with Crippen LogP contribution in [0.5, 0.6) is 0 Å². The number of aryl methyl sites for hydroxylation is 1. The van der Waals surface area contributed by atoms with E-state index in [0.29, 0.717) is 12.0 Å². The van der Waals surface area contributed by atoms with Gasteiger partial charge in [-0.05, 0) is 45.7 Å². The summed E-state index contributed by atoms with van der Waals surface area (Å²) in [7, 11) is 0. The number of likely N-dealkylation sites (tertiary alicyclic amines) is 1. The number of hydrogen-bond donors (Lipinski definition) is 1. The van der Waals surface area contributed by atoms with Gasteiger partial charge in [0.05, 0.1) is 0 Å². The SMILES string of the molecule is Cc1nonc1CN1CCC(C(C)N)CC1. The highest BCUT2D eigenvalue weighted by Gasteiger charge is 2.22. The predicted octanol–water partition coefficient (Wildman–Crippen LogP) is 0.937. The quantitative estimate of drug-likeness (QED) is 0.827. The fraction of sp³-hybridized carbons (Fsp3) is 0.818. The van der Waals surface area contributed by atoms with Gasteiger partial charge in [-0.2, -0.15) is 0 Å². The molecule has 0 amide bonds. The van der Waals surface area contributed by atoms with Gasteiger partial charge in [0.2, 0.25) is 0 Å². The molecule has 0 radical (unpaired) electrons. The van der Waals surface area contributed by atoms with E-state index in [0.717, 1.165) is 31.0 Å². The van der Waals surface area contributed by atoms with E-state index in [1.54, 1.807) is 0 Å². The molecule has 1 aromatic rings. The zero-order chi connectivity index (χ0) is 11.5. The Kier molecular flexibility index (Phi) is 3.56. The summed E-state index contributed by atoms with van der Waals surface area (Å²) in [6.07, 6.45) is 2.37. The first kappa shape index (κ1) is 11.5. The molecular weight excluding hydrogens is 204 g/mol. The summed E-state index contributed by atoms with van der Waals surface area (Å²) in [5.74, 6) is 0.674. The zero-order valence-corrected chi connectivity index (χ0v) is 10.0. The first-order chi connectivity index (χ1) is 7.66. The number of rotatable bonds is 3. The summed E-state index contributed by atoms with van der Waals surface area (Å²) >= 11 is 0. The summed E-state index contributed by atoms with van der Waals surface area (Å²) < 4.78 is 4.70. The standard InChI is InChI=1S/C11H20N4O/c1-8(12)10-3-5-15(6-4-10)7-11-9(2)13-16-14-11/h8,10H,3-7,12H2,1-2H3. The molecule has 1 aromatic heterocycles. The van der Waals surface area contributed by atoms with Gasteiger partial charge in [0.25, 0.3) is 0 Å². The van der Waals surface area contributed by atoms with Crippen LogP contribution in [0, 0.1) is 12.8 Å². The minimum atomic E-state index is 0.317. The molecule has 1 unspecified atom stereocenters. The Bertz CT molecular complexity index is 328. The topological polar surface area (TPSA) is 68.2 Å². The van der Waals surface area contributed by atoms with E-state index < -0.39 is 0 Å². The molecule has 0 bridgehead atoms. The van der Waals surface area contributed by atoms with Crippen LogP contribution in [0.25, 0.3) is 0 Å². The zero-order valence-electron chi connectivity index (χ0n) is 10.0. The molecule has 90 valence electrons. The predicted molar refractivity (Wildman–Crippen MR) is 60.7 cm³/mol. The number of nitrogens with zero attached hydrogens (tertiary/aromatic N) is 3. The molecule has 1 fully saturated rings. The molecule has 5 nitrogen and oxygen atoms in total. The van der Waals surface area contributed by atoms with Crippen molar-refractivity contribution in [2.75, 3.05) is 13.1 Å². The van der Waals surface area contributed by atoms with Gasteiger partial charge in [-0.15, -0.1) is 0 Å². The Labute approximate surface area is 95.9 Å². The van der Waals surface area contributed by atoms with E-state index in [2.05, 4.69) is 22.1 Å². The van der Waals surface area contributed by atoms with Crippen molar-refractivity contribution < 1.29 is 4.63 Å². The maximum Gasteiger partial charge on any atom is 0.122 e. The first-order valence-electron chi connectivity index (χ1n) is 5.93. The highest BCUT2D eigenvalue weighted by Crippen LogP contribution is 2.20. The lowest BCUT2D eigenvalue weighted by atomic mass is 9.91. The molecule has 1 aliphatic heterocycles. The molecular formula is C11H20N4O. The first-order valence-corrected chi connectivity index (χ1v) is 5.93. The van der Waals surface area contributed by atoms with Crippen molar-refractivity contribution in [1.82, 2.24) is 15.2 Å². The molecule has 1 saturated heterocycles. The van der Waals surface area contributed by atoms with E-state index in [1.807, 2.05) is 6.92 Å². The van der Waals surface area contributed by atoms with Crippen molar-refractivity contribution in [2.45, 2.75) is 39.3 Å². The molecule has 0 aliphatic carbocycles. The maximum absolute atomic E-state index is 5.92. The van der Waals surface area contributed by atoms with Crippen LogP contribution >= 0.6 is 0 Å². The van der Waals surface area contributed by atoms with Crippen LogP contribution in [-0.2, 0) is 6.54 Å². The Balaban J connectivity index is 1.84. The summed E-state index contributed by atoms with van der Waals surface area (Å²) in [6, 6.07) is 0.317. The molecule has 2 heterocycles. The number of nitrogens with two attached hydrogens (primary N) is 1. The number of aromatic nitrogens is 2. The third-order valence-corrected chi connectivity index (χ3v) is 3.50. The van der Waals surface area contributed by atoms with Gasteiger partial charge in [0.1, 0.15) is 11.4 Å². The minimum absolute atomic E-state index is 0.317. The average Bonchev–Trinajstić information content (AvgIpc) is 2.65. The van der Waals surface area contributed by atoms with Crippen LogP contribution in [0.4, 0.5) is 0 Å². The van der Waals surface area contributed by atoms with Crippen molar-refractivity contribution in [1.29, 1.82) is 0 Å². The molecule has 16 heavy (non-hydrogen) atoms. The molecule has 5 heteroatoms. The summed E-state index contributed by atoms with van der Waals surface area (Å²) in [6.45, 7) is 7.07. The molecule has 0 aromatic carbocycles. The third-order valence-electron chi connectivity index (χ3n) is 3.50.